The fourth-order valence-corrected chi connectivity index (χ4v) is 7.35. The predicted octanol–water partition coefficient (Wildman–Crippen LogP) is 2.96. The summed E-state index contributed by atoms with van der Waals surface area (Å²) >= 11 is 0. The zero-order chi connectivity index (χ0) is 28.5. The Bertz CT molecular complexity index is 1170. The number of ether oxygens (including phenoxy) is 1. The van der Waals surface area contributed by atoms with Crippen LogP contribution in [0.25, 0.3) is 0 Å². The summed E-state index contributed by atoms with van der Waals surface area (Å²) in [5, 5.41) is 10.7. The number of aliphatic hydroxyl groups excluding tert-OH is 1. The van der Waals surface area contributed by atoms with Crippen LogP contribution in [-0.4, -0.2) is 93.6 Å². The minimum Gasteiger partial charge on any atom is -0.394 e. The molecule has 1 N–H and O–H groups in total. The van der Waals surface area contributed by atoms with Crippen LogP contribution in [0.4, 0.5) is 0 Å². The zero-order valence-electron chi connectivity index (χ0n) is 24.0. The van der Waals surface area contributed by atoms with Gasteiger partial charge in [0.15, 0.2) is 0 Å². The Balaban J connectivity index is 1.65. The van der Waals surface area contributed by atoms with E-state index in [-0.39, 0.29) is 24.3 Å². The minimum atomic E-state index is -1.30. The van der Waals surface area contributed by atoms with Crippen molar-refractivity contribution < 1.29 is 24.2 Å². The fourth-order valence-electron chi connectivity index (χ4n) is 7.35. The number of unbranched alkanes of at least 4 members (excludes halogenated alkanes) is 1. The molecule has 4 heterocycles. The Labute approximate surface area is 237 Å². The highest BCUT2D eigenvalue weighted by atomic mass is 16.5. The Hall–Kier alpha value is -2.97. The predicted molar refractivity (Wildman–Crippen MR) is 152 cm³/mol. The van der Waals surface area contributed by atoms with Crippen LogP contribution in [0.5, 0.6) is 0 Å². The summed E-state index contributed by atoms with van der Waals surface area (Å²) in [6.45, 7) is 7.87. The summed E-state index contributed by atoms with van der Waals surface area (Å²) in [6.07, 6.45) is 11.3. The molecule has 8 nitrogen and oxygen atoms in total. The van der Waals surface area contributed by atoms with Crippen LogP contribution in [-0.2, 0) is 25.5 Å². The number of amides is 3. The molecule has 1 aromatic carbocycles. The lowest BCUT2D eigenvalue weighted by Gasteiger charge is -2.41. The van der Waals surface area contributed by atoms with E-state index in [0.717, 1.165) is 24.8 Å². The maximum absolute atomic E-state index is 14.7. The molecular weight excluding hydrogens is 506 g/mol. The van der Waals surface area contributed by atoms with Gasteiger partial charge in [-0.1, -0.05) is 81.8 Å². The van der Waals surface area contributed by atoms with E-state index in [1.54, 1.807) is 9.80 Å². The first-order chi connectivity index (χ1) is 19.4. The average Bonchev–Trinajstić information content (AvgIpc) is 3.27. The van der Waals surface area contributed by atoms with Gasteiger partial charge in [0.05, 0.1) is 30.1 Å². The molecule has 3 amide bonds. The van der Waals surface area contributed by atoms with Crippen molar-refractivity contribution in [1.29, 1.82) is 0 Å². The molecule has 4 aliphatic heterocycles. The van der Waals surface area contributed by atoms with Crippen LogP contribution < -0.4 is 0 Å². The van der Waals surface area contributed by atoms with E-state index in [0.29, 0.717) is 39.0 Å². The second kappa shape index (κ2) is 11.5. The van der Waals surface area contributed by atoms with E-state index in [2.05, 4.69) is 6.92 Å². The number of nitrogens with zero attached hydrogens (tertiary/aromatic N) is 3. The van der Waals surface area contributed by atoms with E-state index in [4.69, 9.17) is 4.74 Å². The molecule has 6 atom stereocenters. The van der Waals surface area contributed by atoms with E-state index in [9.17, 15) is 19.5 Å². The maximum Gasteiger partial charge on any atom is 0.249 e. The van der Waals surface area contributed by atoms with Crippen molar-refractivity contribution >= 4 is 17.7 Å². The lowest BCUT2D eigenvalue weighted by molar-refractivity contribution is -0.157. The number of likely N-dealkylation sites (tertiary alicyclic amines) is 1. The normalized spacial score (nSPS) is 32.1. The first-order valence-corrected chi connectivity index (χ1v) is 15.0. The highest BCUT2D eigenvalue weighted by Gasteiger charge is 2.75. The quantitative estimate of drug-likeness (QED) is 0.454. The zero-order valence-corrected chi connectivity index (χ0v) is 24.0. The standard InChI is InChI=1S/C32H43N3O5/c1-4-7-18-34-20-12-16-32-26(25-28(37)33(17-5-2)19-11-15-31(25,6-3)40-32)29(38)35(27(32)30(34)39)24(22-36)21-23-13-9-8-10-14-23/h8-16,24-27,36H,4-7,17-22H2,1-3H3/t24-,25+,26+,27?,31-,32+/m1/s1. The Kier molecular flexibility index (Phi) is 8.20. The van der Waals surface area contributed by atoms with Gasteiger partial charge in [0.25, 0.3) is 0 Å². The third-order valence-corrected chi connectivity index (χ3v) is 9.24. The third kappa shape index (κ3) is 4.49. The molecule has 40 heavy (non-hydrogen) atoms. The van der Waals surface area contributed by atoms with Crippen LogP contribution in [0.1, 0.15) is 52.0 Å². The number of hydrogen-bond donors (Lipinski definition) is 1. The molecule has 4 aliphatic rings. The maximum atomic E-state index is 14.7. The van der Waals surface area contributed by atoms with Crippen molar-refractivity contribution in [2.75, 3.05) is 32.8 Å². The molecule has 0 saturated carbocycles. The first kappa shape index (κ1) is 28.6. The monoisotopic (exact) mass is 549 g/mol. The number of aliphatic hydroxyl groups is 1. The first-order valence-electron chi connectivity index (χ1n) is 15.0. The highest BCUT2D eigenvalue weighted by Crippen LogP contribution is 2.59. The van der Waals surface area contributed by atoms with Crippen LogP contribution >= 0.6 is 0 Å². The molecule has 0 radical (unpaired) electrons. The molecule has 0 aromatic heterocycles. The SMILES string of the molecule is CCCCN1CC=C[C@]23O[C@]4(CC)C=CCN(CCC)C(=O)[C@@H]4[C@H]2C(=O)N([C@@H](CO)Cc2ccccc2)C3C1=O. The Morgan fingerprint density at radius 1 is 0.900 bits per heavy atom. The molecule has 2 fully saturated rings. The summed E-state index contributed by atoms with van der Waals surface area (Å²) < 4.78 is 7.03. The number of hydrogen-bond acceptors (Lipinski definition) is 5. The van der Waals surface area contributed by atoms with Crippen molar-refractivity contribution in [3.05, 3.63) is 60.2 Å². The van der Waals surface area contributed by atoms with Gasteiger partial charge >= 0.3 is 0 Å². The van der Waals surface area contributed by atoms with E-state index >= 15 is 0 Å². The number of carbonyl (C=O) groups is 3. The van der Waals surface area contributed by atoms with Crippen molar-refractivity contribution in [1.82, 2.24) is 14.7 Å². The topological polar surface area (TPSA) is 90.4 Å². The van der Waals surface area contributed by atoms with Gasteiger partial charge in [-0.2, -0.15) is 0 Å². The Morgan fingerprint density at radius 2 is 1.60 bits per heavy atom. The minimum absolute atomic E-state index is 0.0962. The highest BCUT2D eigenvalue weighted by molar-refractivity contribution is 6.00. The van der Waals surface area contributed by atoms with Crippen LogP contribution in [0.2, 0.25) is 0 Å². The summed E-state index contributed by atoms with van der Waals surface area (Å²) in [6, 6.07) is 8.11. The van der Waals surface area contributed by atoms with Gasteiger partial charge in [-0.15, -0.1) is 0 Å². The molecule has 5 rings (SSSR count). The molecule has 8 heteroatoms. The van der Waals surface area contributed by atoms with Crippen LogP contribution in [0.3, 0.4) is 0 Å². The van der Waals surface area contributed by atoms with Crippen molar-refractivity contribution in [2.45, 2.75) is 76.2 Å². The van der Waals surface area contributed by atoms with Crippen LogP contribution in [0.15, 0.2) is 54.6 Å². The molecule has 1 unspecified atom stereocenters. The molecule has 0 aliphatic carbocycles. The van der Waals surface area contributed by atoms with Gasteiger partial charge in [-0.25, -0.2) is 0 Å². The molecule has 2 saturated heterocycles. The molecule has 216 valence electrons. The number of benzene rings is 1. The van der Waals surface area contributed by atoms with Crippen molar-refractivity contribution in [2.24, 2.45) is 11.8 Å². The average molecular weight is 550 g/mol. The van der Waals surface area contributed by atoms with Gasteiger partial charge < -0.3 is 24.5 Å². The molecular formula is C32H43N3O5. The van der Waals surface area contributed by atoms with E-state index < -0.39 is 35.1 Å². The van der Waals surface area contributed by atoms with Crippen molar-refractivity contribution in [3.8, 4) is 0 Å². The smallest absolute Gasteiger partial charge is 0.249 e. The van der Waals surface area contributed by atoms with Gasteiger partial charge in [0, 0.05) is 26.2 Å². The summed E-state index contributed by atoms with van der Waals surface area (Å²) in [5.41, 5.74) is -1.32. The molecule has 1 spiro atoms. The van der Waals surface area contributed by atoms with Crippen LogP contribution in [0, 0.1) is 11.8 Å². The van der Waals surface area contributed by atoms with E-state index in [1.165, 1.54) is 0 Å². The van der Waals surface area contributed by atoms with Gasteiger partial charge in [-0.05, 0) is 31.2 Å². The fraction of sp³-hybridized carbons (Fsp3) is 0.594. The summed E-state index contributed by atoms with van der Waals surface area (Å²) in [5.74, 6) is -2.16. The largest absolute Gasteiger partial charge is 0.394 e. The van der Waals surface area contributed by atoms with Gasteiger partial charge in [-0.3, -0.25) is 14.4 Å². The number of rotatable bonds is 10. The number of fused-ring (bicyclic) bond motifs is 2. The second-order valence-corrected chi connectivity index (χ2v) is 11.6. The van der Waals surface area contributed by atoms with E-state index in [1.807, 2.05) is 73.4 Å². The van der Waals surface area contributed by atoms with Crippen molar-refractivity contribution in [3.63, 3.8) is 0 Å². The second-order valence-electron chi connectivity index (χ2n) is 11.6. The van der Waals surface area contributed by atoms with Gasteiger partial charge in [0.2, 0.25) is 17.7 Å². The number of carbonyl (C=O) groups excluding carboxylic acids is 3. The lowest BCUT2D eigenvalue weighted by atomic mass is 9.73. The molecule has 1 aromatic rings. The third-order valence-electron chi connectivity index (χ3n) is 9.24. The summed E-state index contributed by atoms with van der Waals surface area (Å²) in [7, 11) is 0. The Morgan fingerprint density at radius 3 is 2.25 bits per heavy atom. The molecule has 0 bridgehead atoms. The van der Waals surface area contributed by atoms with Gasteiger partial charge in [0.1, 0.15) is 11.6 Å². The summed E-state index contributed by atoms with van der Waals surface area (Å²) in [4.78, 5) is 48.5. The lowest BCUT2D eigenvalue weighted by Crippen LogP contribution is -2.59.